The highest BCUT2D eigenvalue weighted by Crippen LogP contribution is 2.21. The fourth-order valence-electron chi connectivity index (χ4n) is 3.54. The number of ether oxygens (including phenoxy) is 1. The van der Waals surface area contributed by atoms with Crippen molar-refractivity contribution in [3.63, 3.8) is 0 Å². The highest BCUT2D eigenvalue weighted by atomic mass is 16.5. The summed E-state index contributed by atoms with van der Waals surface area (Å²) in [7, 11) is 2.16. The molecule has 126 valence electrons. The van der Waals surface area contributed by atoms with Crippen LogP contribution in [0.4, 0.5) is 4.79 Å². The molecule has 2 aliphatic rings. The third-order valence-corrected chi connectivity index (χ3v) is 4.88. The number of carbonyl (C=O) groups excluding carboxylic acids is 1. The quantitative estimate of drug-likeness (QED) is 0.921. The van der Waals surface area contributed by atoms with E-state index in [-0.39, 0.29) is 12.1 Å². The third kappa shape index (κ3) is 4.45. The number of rotatable bonds is 3. The van der Waals surface area contributed by atoms with Crippen molar-refractivity contribution in [3.05, 3.63) is 35.9 Å². The number of benzene rings is 1. The van der Waals surface area contributed by atoms with Gasteiger partial charge in [-0.1, -0.05) is 30.3 Å². The van der Waals surface area contributed by atoms with Crippen LogP contribution in [0.15, 0.2) is 30.3 Å². The first kappa shape index (κ1) is 16.3. The Hall–Kier alpha value is -1.59. The van der Waals surface area contributed by atoms with Crippen molar-refractivity contribution in [1.29, 1.82) is 0 Å². The second-order valence-electron chi connectivity index (χ2n) is 6.66. The lowest BCUT2D eigenvalue weighted by Gasteiger charge is -2.38. The molecule has 1 aromatic carbocycles. The number of nitrogens with zero attached hydrogens (tertiary/aromatic N) is 2. The van der Waals surface area contributed by atoms with Crippen LogP contribution in [-0.2, 0) is 11.2 Å². The molecule has 0 radical (unpaired) electrons. The number of amides is 2. The number of hydrogen-bond acceptors (Lipinski definition) is 3. The summed E-state index contributed by atoms with van der Waals surface area (Å²) in [5.74, 6) is 0.459. The van der Waals surface area contributed by atoms with Gasteiger partial charge in [0, 0.05) is 25.7 Å². The lowest BCUT2D eigenvalue weighted by Crippen LogP contribution is -2.55. The first-order valence-electron chi connectivity index (χ1n) is 8.58. The van der Waals surface area contributed by atoms with Gasteiger partial charge in [-0.05, 0) is 37.9 Å². The minimum atomic E-state index is 0.0703. The highest BCUT2D eigenvalue weighted by molar-refractivity contribution is 5.74. The van der Waals surface area contributed by atoms with Crippen LogP contribution in [0.25, 0.3) is 0 Å². The summed E-state index contributed by atoms with van der Waals surface area (Å²) in [4.78, 5) is 16.7. The first-order chi connectivity index (χ1) is 11.2. The van der Waals surface area contributed by atoms with Crippen LogP contribution in [0.3, 0.4) is 0 Å². The van der Waals surface area contributed by atoms with Crippen molar-refractivity contribution in [2.24, 2.45) is 5.92 Å². The lowest BCUT2D eigenvalue weighted by molar-refractivity contribution is 0.0505. The van der Waals surface area contributed by atoms with Crippen molar-refractivity contribution in [3.8, 4) is 0 Å². The molecule has 2 atom stereocenters. The molecule has 5 nitrogen and oxygen atoms in total. The van der Waals surface area contributed by atoms with E-state index in [0.717, 1.165) is 25.9 Å². The standard InChI is InChI=1S/C18H27N3O2/c1-20-8-7-17(19-18(22)21-9-11-23-12-10-21)16(14-20)13-15-5-3-2-4-6-15/h2-6,16-17H,7-14H2,1H3,(H,19,22)/t16-,17+/m0/s1. The summed E-state index contributed by atoms with van der Waals surface area (Å²) >= 11 is 0. The van der Waals surface area contributed by atoms with E-state index in [4.69, 9.17) is 4.74 Å². The second kappa shape index (κ2) is 7.79. The lowest BCUT2D eigenvalue weighted by atomic mass is 9.87. The monoisotopic (exact) mass is 317 g/mol. The van der Waals surface area contributed by atoms with Gasteiger partial charge in [0.25, 0.3) is 0 Å². The van der Waals surface area contributed by atoms with Gasteiger partial charge in [0.15, 0.2) is 0 Å². The summed E-state index contributed by atoms with van der Waals surface area (Å²) in [6.45, 7) is 4.76. The summed E-state index contributed by atoms with van der Waals surface area (Å²) in [5, 5.41) is 3.28. The molecule has 1 N–H and O–H groups in total. The number of likely N-dealkylation sites (tertiary alicyclic amines) is 1. The molecule has 3 rings (SSSR count). The maximum absolute atomic E-state index is 12.5. The van der Waals surface area contributed by atoms with E-state index in [9.17, 15) is 4.79 Å². The molecule has 0 unspecified atom stereocenters. The van der Waals surface area contributed by atoms with E-state index < -0.39 is 0 Å². The maximum Gasteiger partial charge on any atom is 0.317 e. The molecule has 5 heteroatoms. The molecular formula is C18H27N3O2. The Morgan fingerprint density at radius 3 is 2.70 bits per heavy atom. The van der Waals surface area contributed by atoms with Gasteiger partial charge in [0.05, 0.1) is 13.2 Å². The number of carbonyl (C=O) groups is 1. The summed E-state index contributed by atoms with van der Waals surface area (Å²) in [6, 6.07) is 10.9. The number of hydrogen-bond donors (Lipinski definition) is 1. The molecule has 23 heavy (non-hydrogen) atoms. The molecule has 2 saturated heterocycles. The largest absolute Gasteiger partial charge is 0.378 e. The number of urea groups is 1. The minimum absolute atomic E-state index is 0.0703. The number of nitrogens with one attached hydrogen (secondary N) is 1. The van der Waals surface area contributed by atoms with Gasteiger partial charge in [-0.25, -0.2) is 4.79 Å². The zero-order valence-electron chi connectivity index (χ0n) is 13.9. The molecule has 2 amide bonds. The van der Waals surface area contributed by atoms with Gasteiger partial charge in [0.2, 0.25) is 0 Å². The van der Waals surface area contributed by atoms with Gasteiger partial charge in [-0.2, -0.15) is 0 Å². The number of piperidine rings is 1. The van der Waals surface area contributed by atoms with E-state index in [1.54, 1.807) is 0 Å². The van der Waals surface area contributed by atoms with Gasteiger partial charge in [0.1, 0.15) is 0 Å². The molecule has 0 aromatic heterocycles. The molecule has 2 heterocycles. The molecule has 0 saturated carbocycles. The minimum Gasteiger partial charge on any atom is -0.378 e. The average Bonchev–Trinajstić information content (AvgIpc) is 2.59. The maximum atomic E-state index is 12.5. The van der Waals surface area contributed by atoms with Gasteiger partial charge in [-0.15, -0.1) is 0 Å². The molecule has 0 bridgehead atoms. The van der Waals surface area contributed by atoms with Gasteiger partial charge < -0.3 is 19.9 Å². The van der Waals surface area contributed by atoms with Gasteiger partial charge >= 0.3 is 6.03 Å². The zero-order valence-corrected chi connectivity index (χ0v) is 13.9. The molecule has 1 aromatic rings. The highest BCUT2D eigenvalue weighted by Gasteiger charge is 2.30. The van der Waals surface area contributed by atoms with E-state index in [2.05, 4.69) is 41.5 Å². The van der Waals surface area contributed by atoms with Crippen LogP contribution in [0, 0.1) is 5.92 Å². The Bertz CT molecular complexity index is 502. The molecule has 2 aliphatic heterocycles. The molecule has 0 aliphatic carbocycles. The number of morpholine rings is 1. The smallest absolute Gasteiger partial charge is 0.317 e. The van der Waals surface area contributed by atoms with Gasteiger partial charge in [-0.3, -0.25) is 0 Å². The van der Waals surface area contributed by atoms with E-state index in [0.29, 0.717) is 32.2 Å². The van der Waals surface area contributed by atoms with Crippen molar-refractivity contribution in [2.45, 2.75) is 18.9 Å². The van der Waals surface area contributed by atoms with Crippen molar-refractivity contribution >= 4 is 6.03 Å². The summed E-state index contributed by atoms with van der Waals surface area (Å²) < 4.78 is 5.33. The van der Waals surface area contributed by atoms with Crippen LogP contribution in [0.2, 0.25) is 0 Å². The van der Waals surface area contributed by atoms with Crippen LogP contribution in [0.5, 0.6) is 0 Å². The topological polar surface area (TPSA) is 44.8 Å². The molecule has 0 spiro atoms. The molecular weight excluding hydrogens is 290 g/mol. The van der Waals surface area contributed by atoms with E-state index in [1.165, 1.54) is 5.56 Å². The van der Waals surface area contributed by atoms with Crippen LogP contribution in [-0.4, -0.2) is 68.3 Å². The Morgan fingerprint density at radius 1 is 1.22 bits per heavy atom. The second-order valence-corrected chi connectivity index (χ2v) is 6.66. The normalized spacial score (nSPS) is 26.0. The predicted octanol–water partition coefficient (Wildman–Crippen LogP) is 1.59. The van der Waals surface area contributed by atoms with Crippen molar-refractivity contribution < 1.29 is 9.53 Å². The van der Waals surface area contributed by atoms with Crippen molar-refractivity contribution in [1.82, 2.24) is 15.1 Å². The predicted molar refractivity (Wildman–Crippen MR) is 90.5 cm³/mol. The average molecular weight is 317 g/mol. The fourth-order valence-corrected chi connectivity index (χ4v) is 3.54. The Kier molecular flexibility index (Phi) is 5.51. The summed E-state index contributed by atoms with van der Waals surface area (Å²) in [6.07, 6.45) is 2.03. The SMILES string of the molecule is CN1CC[C@@H](NC(=O)N2CCOCC2)[C@@H](Cc2ccccc2)C1. The molecule has 2 fully saturated rings. The first-order valence-corrected chi connectivity index (χ1v) is 8.58. The Balaban J connectivity index is 1.61. The van der Waals surface area contributed by atoms with Crippen LogP contribution >= 0.6 is 0 Å². The Labute approximate surface area is 138 Å². The van der Waals surface area contributed by atoms with E-state index in [1.807, 2.05) is 11.0 Å². The van der Waals surface area contributed by atoms with Crippen LogP contribution < -0.4 is 5.32 Å². The zero-order chi connectivity index (χ0) is 16.1. The van der Waals surface area contributed by atoms with Crippen LogP contribution in [0.1, 0.15) is 12.0 Å². The van der Waals surface area contributed by atoms with E-state index >= 15 is 0 Å². The van der Waals surface area contributed by atoms with Crippen molar-refractivity contribution in [2.75, 3.05) is 46.4 Å². The third-order valence-electron chi connectivity index (χ3n) is 4.88. The summed E-state index contributed by atoms with van der Waals surface area (Å²) in [5.41, 5.74) is 1.35. The Morgan fingerprint density at radius 2 is 1.96 bits per heavy atom. The fraction of sp³-hybridized carbons (Fsp3) is 0.611.